The summed E-state index contributed by atoms with van der Waals surface area (Å²) in [4.78, 5) is 3.83. The molecule has 0 spiro atoms. The quantitative estimate of drug-likeness (QED) is 0.234. The second kappa shape index (κ2) is 16.7. The van der Waals surface area contributed by atoms with Crippen LogP contribution in [0.5, 0.6) is 0 Å². The molecule has 0 amide bonds. The van der Waals surface area contributed by atoms with Gasteiger partial charge in [-0.15, -0.1) is 0 Å². The summed E-state index contributed by atoms with van der Waals surface area (Å²) in [5.41, 5.74) is 0. The van der Waals surface area contributed by atoms with Crippen LogP contribution < -0.4 is 5.32 Å². The largest absolute Gasteiger partial charge is 0.395 e. The first kappa shape index (κ1) is 29.0. The monoisotopic (exact) mass is 464 g/mol. The average Bonchev–Trinajstić information content (AvgIpc) is 2.67. The van der Waals surface area contributed by atoms with Gasteiger partial charge in [-0.1, -0.05) is 0 Å². The van der Waals surface area contributed by atoms with Gasteiger partial charge in [0.05, 0.1) is 9.52 Å². The molecule has 0 fully saturated rings. The molecular formula is C20H48N2O4Si3. The van der Waals surface area contributed by atoms with E-state index in [1.807, 2.05) is 0 Å². The SMILES string of the molecule is CCO[Si](C)(CCCNC[SiH2]C(=CN(CC)CC)[Si](C)(OCC)OCC)OCC. The lowest BCUT2D eigenvalue weighted by molar-refractivity contribution is 0.188. The van der Waals surface area contributed by atoms with Crippen molar-refractivity contribution in [3.63, 3.8) is 0 Å². The lowest BCUT2D eigenvalue weighted by atomic mass is 10.5. The Morgan fingerprint density at radius 3 is 1.83 bits per heavy atom. The Labute approximate surface area is 185 Å². The molecule has 0 aromatic carbocycles. The molecule has 0 saturated carbocycles. The van der Waals surface area contributed by atoms with E-state index >= 15 is 0 Å². The van der Waals surface area contributed by atoms with E-state index in [-0.39, 0.29) is 0 Å². The Morgan fingerprint density at radius 1 is 0.862 bits per heavy atom. The molecule has 0 heterocycles. The van der Waals surface area contributed by atoms with Crippen molar-refractivity contribution in [3.05, 3.63) is 11.0 Å². The molecule has 6 nitrogen and oxygen atoms in total. The maximum atomic E-state index is 6.20. The van der Waals surface area contributed by atoms with Gasteiger partial charge in [0.2, 0.25) is 0 Å². The third-order valence-electron chi connectivity index (χ3n) is 5.03. The molecule has 0 bridgehead atoms. The molecular weight excluding hydrogens is 416 g/mol. The van der Waals surface area contributed by atoms with Crippen LogP contribution in [0.2, 0.25) is 19.1 Å². The first-order valence-corrected chi connectivity index (χ1v) is 18.1. The third kappa shape index (κ3) is 11.8. The molecule has 1 N–H and O–H groups in total. The van der Waals surface area contributed by atoms with Crippen LogP contribution >= 0.6 is 0 Å². The van der Waals surface area contributed by atoms with Gasteiger partial charge in [0.1, 0.15) is 0 Å². The highest BCUT2D eigenvalue weighted by molar-refractivity contribution is 6.86. The van der Waals surface area contributed by atoms with E-state index in [1.54, 1.807) is 0 Å². The zero-order valence-corrected chi connectivity index (χ0v) is 23.8. The normalized spacial score (nSPS) is 13.6. The molecule has 0 radical (unpaired) electrons. The van der Waals surface area contributed by atoms with Gasteiger partial charge in [0.15, 0.2) is 0 Å². The maximum Gasteiger partial charge on any atom is 0.362 e. The highest BCUT2D eigenvalue weighted by atomic mass is 28.4. The second-order valence-corrected chi connectivity index (χ2v) is 16.2. The molecule has 174 valence electrons. The van der Waals surface area contributed by atoms with E-state index in [2.05, 4.69) is 71.1 Å². The van der Waals surface area contributed by atoms with Crippen LogP contribution in [0.4, 0.5) is 0 Å². The molecule has 0 rings (SSSR count). The van der Waals surface area contributed by atoms with Crippen LogP contribution in [0, 0.1) is 0 Å². The van der Waals surface area contributed by atoms with E-state index in [4.69, 9.17) is 17.7 Å². The van der Waals surface area contributed by atoms with Gasteiger partial charge in [-0.3, -0.25) is 0 Å². The van der Waals surface area contributed by atoms with Crippen molar-refractivity contribution in [1.29, 1.82) is 0 Å². The standard InChI is InChI=1S/C20H48N2O4Si3/c1-9-22(10-2)18-20(29(8,25-13-5)26-14-6)27-19-21-16-15-17-28(7,23-11-3)24-12-4/h18,21H,9-17,19,27H2,1-8H3. The number of hydrogen-bond donors (Lipinski definition) is 1. The summed E-state index contributed by atoms with van der Waals surface area (Å²) in [5, 5.41) is 3.66. The van der Waals surface area contributed by atoms with Crippen molar-refractivity contribution in [1.82, 2.24) is 10.2 Å². The van der Waals surface area contributed by atoms with Crippen LogP contribution in [-0.2, 0) is 17.7 Å². The molecule has 0 unspecified atom stereocenters. The highest BCUT2D eigenvalue weighted by Crippen LogP contribution is 2.19. The van der Waals surface area contributed by atoms with E-state index in [1.165, 1.54) is 4.82 Å². The molecule has 9 heteroatoms. The summed E-state index contributed by atoms with van der Waals surface area (Å²) >= 11 is 0. The van der Waals surface area contributed by atoms with Gasteiger partial charge in [0, 0.05) is 39.5 Å². The van der Waals surface area contributed by atoms with Gasteiger partial charge >= 0.3 is 17.1 Å². The van der Waals surface area contributed by atoms with Crippen molar-refractivity contribution >= 4 is 26.6 Å². The Kier molecular flexibility index (Phi) is 16.6. The first-order valence-electron chi connectivity index (χ1n) is 11.6. The van der Waals surface area contributed by atoms with Crippen LogP contribution in [0.3, 0.4) is 0 Å². The average molecular weight is 465 g/mol. The number of rotatable bonds is 19. The zero-order chi connectivity index (χ0) is 22.2. The summed E-state index contributed by atoms with van der Waals surface area (Å²) in [7, 11) is -4.77. The second-order valence-electron chi connectivity index (χ2n) is 7.29. The molecule has 0 aromatic rings. The fourth-order valence-electron chi connectivity index (χ4n) is 3.49. The molecule has 0 aromatic heterocycles. The van der Waals surface area contributed by atoms with Crippen molar-refractivity contribution in [2.45, 2.75) is 67.1 Å². The predicted octanol–water partition coefficient (Wildman–Crippen LogP) is 3.10. The van der Waals surface area contributed by atoms with E-state index in [0.717, 1.165) is 51.5 Å². The van der Waals surface area contributed by atoms with Crippen LogP contribution in [0.25, 0.3) is 0 Å². The van der Waals surface area contributed by atoms with E-state index < -0.39 is 26.6 Å². The maximum absolute atomic E-state index is 6.20. The fraction of sp³-hybridized carbons (Fsp3) is 0.900. The minimum Gasteiger partial charge on any atom is -0.395 e. The van der Waals surface area contributed by atoms with Crippen LogP contribution in [0.15, 0.2) is 11.0 Å². The Morgan fingerprint density at radius 2 is 1.38 bits per heavy atom. The lowest BCUT2D eigenvalue weighted by Gasteiger charge is -2.31. The van der Waals surface area contributed by atoms with Gasteiger partial charge in [-0.25, -0.2) is 0 Å². The minimum atomic E-state index is -2.29. The van der Waals surface area contributed by atoms with Gasteiger partial charge in [0.25, 0.3) is 0 Å². The van der Waals surface area contributed by atoms with Crippen molar-refractivity contribution in [2.75, 3.05) is 52.2 Å². The van der Waals surface area contributed by atoms with Crippen molar-refractivity contribution < 1.29 is 17.7 Å². The van der Waals surface area contributed by atoms with Crippen LogP contribution in [0.1, 0.15) is 48.0 Å². The van der Waals surface area contributed by atoms with Gasteiger partial charge in [-0.2, -0.15) is 0 Å². The fourth-order valence-corrected chi connectivity index (χ4v) is 11.8. The summed E-state index contributed by atoms with van der Waals surface area (Å²) in [6.45, 7) is 23.0. The molecule has 0 aliphatic rings. The summed E-state index contributed by atoms with van der Waals surface area (Å²) in [6, 6.07) is 1.04. The number of nitrogens with one attached hydrogen (secondary N) is 1. The number of hydrogen-bond acceptors (Lipinski definition) is 6. The summed E-state index contributed by atoms with van der Waals surface area (Å²) in [5.74, 6) is 0. The topological polar surface area (TPSA) is 52.2 Å². The lowest BCUT2D eigenvalue weighted by Crippen LogP contribution is -2.46. The van der Waals surface area contributed by atoms with E-state index in [9.17, 15) is 0 Å². The Balaban J connectivity index is 4.78. The molecule has 0 aliphatic carbocycles. The van der Waals surface area contributed by atoms with E-state index in [0.29, 0.717) is 13.2 Å². The van der Waals surface area contributed by atoms with Crippen molar-refractivity contribution in [3.8, 4) is 0 Å². The molecule has 0 atom stereocenters. The first-order chi connectivity index (χ1) is 13.8. The Bertz CT molecular complexity index is 426. The predicted molar refractivity (Wildman–Crippen MR) is 132 cm³/mol. The third-order valence-corrected chi connectivity index (χ3v) is 15.1. The van der Waals surface area contributed by atoms with Crippen LogP contribution in [-0.4, -0.2) is 83.8 Å². The smallest absolute Gasteiger partial charge is 0.362 e. The highest BCUT2D eigenvalue weighted by Gasteiger charge is 2.36. The van der Waals surface area contributed by atoms with Gasteiger partial charge < -0.3 is 27.9 Å². The Hall–Kier alpha value is -0.00935. The summed E-state index contributed by atoms with van der Waals surface area (Å²) in [6.07, 6.45) is 4.51. The molecule has 0 saturated heterocycles. The minimum absolute atomic E-state index is 0.493. The van der Waals surface area contributed by atoms with Crippen molar-refractivity contribution in [2.24, 2.45) is 0 Å². The molecule has 29 heavy (non-hydrogen) atoms. The molecule has 0 aliphatic heterocycles. The summed E-state index contributed by atoms with van der Waals surface area (Å²) < 4.78 is 24.3. The zero-order valence-electron chi connectivity index (χ0n) is 20.4. The van der Waals surface area contributed by atoms with Gasteiger partial charge in [-0.05, 0) is 90.8 Å². The number of nitrogens with zero attached hydrogens (tertiary/aromatic N) is 1.